The third-order valence-corrected chi connectivity index (χ3v) is 4.94. The highest BCUT2D eigenvalue weighted by atomic mass is 16.6. The van der Waals surface area contributed by atoms with Crippen molar-refractivity contribution in [3.05, 3.63) is 35.4 Å². The minimum atomic E-state index is 0.566. The van der Waals surface area contributed by atoms with Gasteiger partial charge in [0.2, 0.25) is 0 Å². The first-order chi connectivity index (χ1) is 9.81. The molecule has 1 aliphatic heterocycles. The Balaban J connectivity index is 1.52. The molecule has 1 saturated carbocycles. The molecule has 2 aliphatic rings. The van der Waals surface area contributed by atoms with Crippen molar-refractivity contribution in [2.24, 2.45) is 5.92 Å². The summed E-state index contributed by atoms with van der Waals surface area (Å²) in [7, 11) is 0. The van der Waals surface area contributed by atoms with Crippen LogP contribution in [0.2, 0.25) is 0 Å². The molecule has 3 rings (SSSR count). The van der Waals surface area contributed by atoms with Crippen LogP contribution in [0.15, 0.2) is 24.3 Å². The summed E-state index contributed by atoms with van der Waals surface area (Å²) in [6, 6.07) is 10.4. The zero-order chi connectivity index (χ0) is 13.9. The van der Waals surface area contributed by atoms with Gasteiger partial charge in [-0.05, 0) is 61.6 Å². The molecule has 2 atom stereocenters. The fourth-order valence-electron chi connectivity index (χ4n) is 3.70. The maximum Gasteiger partial charge on any atom is 0.0991 e. The van der Waals surface area contributed by atoms with E-state index in [0.717, 1.165) is 11.5 Å². The number of benzene rings is 1. The predicted octanol–water partition coefficient (Wildman–Crippen LogP) is 4.40. The molecule has 0 radical (unpaired) electrons. The molecule has 106 valence electrons. The van der Waals surface area contributed by atoms with Crippen molar-refractivity contribution in [3.8, 4) is 6.07 Å². The van der Waals surface area contributed by atoms with Gasteiger partial charge in [-0.1, -0.05) is 25.5 Å². The molecule has 0 amide bonds. The zero-order valence-corrected chi connectivity index (χ0v) is 12.2. The largest absolute Gasteiger partial charge is 0.369 e. The Morgan fingerprint density at radius 3 is 2.45 bits per heavy atom. The first-order valence-electron chi connectivity index (χ1n) is 7.97. The number of epoxide rings is 1. The van der Waals surface area contributed by atoms with Crippen molar-refractivity contribution in [2.75, 3.05) is 0 Å². The molecule has 20 heavy (non-hydrogen) atoms. The Hall–Kier alpha value is -1.33. The van der Waals surface area contributed by atoms with Gasteiger partial charge < -0.3 is 4.74 Å². The standard InChI is InChI=1S/C18H23NO/c1-2-3-17-18(20-17)16-10-8-15(9-11-16)14-6-4-13(12-19)5-7-14/h4-7,15-18H,2-3,8-11H2,1H3. The summed E-state index contributed by atoms with van der Waals surface area (Å²) in [5, 5.41) is 8.85. The molecule has 1 aromatic carbocycles. The minimum absolute atomic E-state index is 0.566. The second-order valence-electron chi connectivity index (χ2n) is 6.27. The van der Waals surface area contributed by atoms with E-state index < -0.39 is 0 Å². The van der Waals surface area contributed by atoms with Crippen LogP contribution >= 0.6 is 0 Å². The van der Waals surface area contributed by atoms with Crippen LogP contribution in [-0.4, -0.2) is 12.2 Å². The first kappa shape index (κ1) is 13.6. The van der Waals surface area contributed by atoms with Gasteiger partial charge in [0.25, 0.3) is 0 Å². The summed E-state index contributed by atoms with van der Waals surface area (Å²) < 4.78 is 5.83. The van der Waals surface area contributed by atoms with E-state index in [4.69, 9.17) is 10.00 Å². The van der Waals surface area contributed by atoms with E-state index in [1.165, 1.54) is 44.1 Å². The molecule has 1 aromatic rings. The molecule has 0 aromatic heterocycles. The van der Waals surface area contributed by atoms with E-state index in [0.29, 0.717) is 18.1 Å². The van der Waals surface area contributed by atoms with Gasteiger partial charge in [-0.2, -0.15) is 5.26 Å². The van der Waals surface area contributed by atoms with Crippen LogP contribution < -0.4 is 0 Å². The van der Waals surface area contributed by atoms with Crippen molar-refractivity contribution < 1.29 is 4.74 Å². The molecular weight excluding hydrogens is 246 g/mol. The van der Waals surface area contributed by atoms with Gasteiger partial charge in [0, 0.05) is 0 Å². The fourth-order valence-corrected chi connectivity index (χ4v) is 3.70. The average molecular weight is 269 g/mol. The summed E-state index contributed by atoms with van der Waals surface area (Å²) in [5.74, 6) is 1.48. The number of ether oxygens (including phenoxy) is 1. The van der Waals surface area contributed by atoms with Gasteiger partial charge in [-0.15, -0.1) is 0 Å². The van der Waals surface area contributed by atoms with E-state index in [2.05, 4.69) is 25.1 Å². The second-order valence-corrected chi connectivity index (χ2v) is 6.27. The summed E-state index contributed by atoms with van der Waals surface area (Å²) >= 11 is 0. The minimum Gasteiger partial charge on any atom is -0.369 e. The van der Waals surface area contributed by atoms with Crippen LogP contribution in [0.3, 0.4) is 0 Å². The lowest BCUT2D eigenvalue weighted by Crippen LogP contribution is -2.19. The highest BCUT2D eigenvalue weighted by molar-refractivity contribution is 5.33. The summed E-state index contributed by atoms with van der Waals surface area (Å²) in [4.78, 5) is 0. The van der Waals surface area contributed by atoms with Crippen LogP contribution in [0.25, 0.3) is 0 Å². The lowest BCUT2D eigenvalue weighted by atomic mass is 9.77. The van der Waals surface area contributed by atoms with Gasteiger partial charge >= 0.3 is 0 Å². The monoisotopic (exact) mass is 269 g/mol. The molecule has 0 spiro atoms. The third kappa shape index (κ3) is 2.88. The number of hydrogen-bond donors (Lipinski definition) is 0. The molecule has 2 fully saturated rings. The maximum absolute atomic E-state index is 8.85. The molecule has 1 saturated heterocycles. The molecule has 2 unspecified atom stereocenters. The second kappa shape index (κ2) is 5.97. The van der Waals surface area contributed by atoms with Crippen LogP contribution in [0.1, 0.15) is 62.5 Å². The van der Waals surface area contributed by atoms with Gasteiger partial charge in [-0.25, -0.2) is 0 Å². The van der Waals surface area contributed by atoms with Gasteiger partial charge in [0.15, 0.2) is 0 Å². The maximum atomic E-state index is 8.85. The first-order valence-corrected chi connectivity index (χ1v) is 7.97. The molecule has 2 heteroatoms. The van der Waals surface area contributed by atoms with Crippen molar-refractivity contribution in [3.63, 3.8) is 0 Å². The summed E-state index contributed by atoms with van der Waals surface area (Å²) in [6.45, 7) is 2.24. The lowest BCUT2D eigenvalue weighted by Gasteiger charge is -2.28. The summed E-state index contributed by atoms with van der Waals surface area (Å²) in [6.07, 6.45) is 8.76. The fraction of sp³-hybridized carbons (Fsp3) is 0.611. The van der Waals surface area contributed by atoms with Gasteiger partial charge in [0.1, 0.15) is 0 Å². The Bertz CT molecular complexity index is 479. The van der Waals surface area contributed by atoms with E-state index in [1.807, 2.05) is 12.1 Å². The number of hydrogen-bond acceptors (Lipinski definition) is 2. The van der Waals surface area contributed by atoms with Gasteiger partial charge in [-0.3, -0.25) is 0 Å². The SMILES string of the molecule is CCCC1OC1C1CCC(c2ccc(C#N)cc2)CC1. The van der Waals surface area contributed by atoms with E-state index in [-0.39, 0.29) is 0 Å². The topological polar surface area (TPSA) is 36.3 Å². The van der Waals surface area contributed by atoms with Gasteiger partial charge in [0.05, 0.1) is 23.8 Å². The van der Waals surface area contributed by atoms with E-state index in [1.54, 1.807) is 0 Å². The third-order valence-electron chi connectivity index (χ3n) is 4.94. The lowest BCUT2D eigenvalue weighted by molar-refractivity contribution is 0.248. The molecular formula is C18H23NO. The Morgan fingerprint density at radius 2 is 1.85 bits per heavy atom. The normalized spacial score (nSPS) is 32.6. The van der Waals surface area contributed by atoms with Crippen molar-refractivity contribution in [2.45, 2.75) is 63.6 Å². The highest BCUT2D eigenvalue weighted by Crippen LogP contribution is 2.44. The summed E-state index contributed by atoms with van der Waals surface area (Å²) in [5.41, 5.74) is 2.17. The average Bonchev–Trinajstić information content (AvgIpc) is 3.27. The number of nitriles is 1. The number of nitrogens with zero attached hydrogens (tertiary/aromatic N) is 1. The van der Waals surface area contributed by atoms with Crippen LogP contribution in [-0.2, 0) is 4.74 Å². The Morgan fingerprint density at radius 1 is 1.15 bits per heavy atom. The van der Waals surface area contributed by atoms with Crippen molar-refractivity contribution in [1.29, 1.82) is 5.26 Å². The predicted molar refractivity (Wildman–Crippen MR) is 79.4 cm³/mol. The van der Waals surface area contributed by atoms with E-state index >= 15 is 0 Å². The van der Waals surface area contributed by atoms with Crippen LogP contribution in [0.4, 0.5) is 0 Å². The molecule has 1 aliphatic carbocycles. The van der Waals surface area contributed by atoms with Crippen LogP contribution in [0.5, 0.6) is 0 Å². The van der Waals surface area contributed by atoms with E-state index in [9.17, 15) is 0 Å². The zero-order valence-electron chi connectivity index (χ0n) is 12.2. The van der Waals surface area contributed by atoms with Crippen molar-refractivity contribution >= 4 is 0 Å². The Kier molecular flexibility index (Phi) is 4.08. The molecule has 0 N–H and O–H groups in total. The Labute approximate surface area is 121 Å². The highest BCUT2D eigenvalue weighted by Gasteiger charge is 2.44. The van der Waals surface area contributed by atoms with Crippen LogP contribution in [0, 0.1) is 17.2 Å². The molecule has 0 bridgehead atoms. The smallest absolute Gasteiger partial charge is 0.0991 e. The molecule has 1 heterocycles. The van der Waals surface area contributed by atoms with Crippen molar-refractivity contribution in [1.82, 2.24) is 0 Å². The molecule has 2 nitrogen and oxygen atoms in total. The number of rotatable bonds is 4. The quantitative estimate of drug-likeness (QED) is 0.760.